The summed E-state index contributed by atoms with van der Waals surface area (Å²) < 4.78 is 5.54. The molecule has 14 heavy (non-hydrogen) atoms. The fourth-order valence-electron chi connectivity index (χ4n) is 1.93. The van der Waals surface area contributed by atoms with Crippen molar-refractivity contribution in [2.45, 2.75) is 30.9 Å². The Morgan fingerprint density at radius 2 is 2.36 bits per heavy atom. The molecular weight excluding hydrogens is 218 g/mol. The third-order valence-corrected chi connectivity index (χ3v) is 4.54. The second-order valence-corrected chi connectivity index (χ2v) is 5.09. The van der Waals surface area contributed by atoms with Crippen LogP contribution in [0.5, 0.6) is 0 Å². The molecule has 2 nitrogen and oxygen atoms in total. The fraction of sp³-hybridized carbons (Fsp3) is 0.600. The second kappa shape index (κ2) is 3.81. The maximum absolute atomic E-state index is 6.19. The van der Waals surface area contributed by atoms with E-state index in [4.69, 9.17) is 22.1 Å². The van der Waals surface area contributed by atoms with Gasteiger partial charge in [0.2, 0.25) is 0 Å². The zero-order valence-corrected chi connectivity index (χ0v) is 9.70. The van der Waals surface area contributed by atoms with Crippen molar-refractivity contribution in [2.75, 3.05) is 7.11 Å². The van der Waals surface area contributed by atoms with Gasteiger partial charge in [0, 0.05) is 12.0 Å². The first-order valence-electron chi connectivity index (χ1n) is 4.73. The summed E-state index contributed by atoms with van der Waals surface area (Å²) in [4.78, 5) is 1.05. The number of hydrogen-bond acceptors (Lipinski definition) is 3. The molecule has 0 amide bonds. The smallest absolute Gasteiger partial charge is 0.0879 e. The van der Waals surface area contributed by atoms with Crippen molar-refractivity contribution < 1.29 is 4.74 Å². The minimum atomic E-state index is -0.158. The van der Waals surface area contributed by atoms with Crippen molar-refractivity contribution in [3.05, 3.63) is 21.3 Å². The van der Waals surface area contributed by atoms with E-state index in [0.29, 0.717) is 0 Å². The molecule has 2 rings (SSSR count). The minimum absolute atomic E-state index is 0.0752. The van der Waals surface area contributed by atoms with Gasteiger partial charge in [-0.1, -0.05) is 11.6 Å². The molecule has 1 aliphatic carbocycles. The van der Waals surface area contributed by atoms with Crippen LogP contribution in [0.2, 0.25) is 5.02 Å². The quantitative estimate of drug-likeness (QED) is 0.868. The predicted molar refractivity (Wildman–Crippen MR) is 59.8 cm³/mol. The molecule has 78 valence electrons. The Morgan fingerprint density at radius 1 is 1.64 bits per heavy atom. The van der Waals surface area contributed by atoms with Gasteiger partial charge in [-0.2, -0.15) is 0 Å². The van der Waals surface area contributed by atoms with Gasteiger partial charge in [-0.3, -0.25) is 0 Å². The molecule has 0 spiro atoms. The van der Waals surface area contributed by atoms with Crippen LogP contribution in [0.3, 0.4) is 0 Å². The van der Waals surface area contributed by atoms with Gasteiger partial charge in [0.15, 0.2) is 0 Å². The van der Waals surface area contributed by atoms with Crippen molar-refractivity contribution >= 4 is 22.9 Å². The van der Waals surface area contributed by atoms with E-state index in [9.17, 15) is 0 Å². The highest BCUT2D eigenvalue weighted by Gasteiger charge is 2.44. The zero-order chi connectivity index (χ0) is 10.2. The Kier molecular flexibility index (Phi) is 2.84. The van der Waals surface area contributed by atoms with Gasteiger partial charge >= 0.3 is 0 Å². The largest absolute Gasteiger partial charge is 0.376 e. The summed E-state index contributed by atoms with van der Waals surface area (Å²) in [7, 11) is 1.74. The summed E-state index contributed by atoms with van der Waals surface area (Å²) in [6, 6.07) is 1.82. The van der Waals surface area contributed by atoms with Crippen LogP contribution in [0.15, 0.2) is 11.4 Å². The molecule has 0 radical (unpaired) electrons. The van der Waals surface area contributed by atoms with E-state index < -0.39 is 0 Å². The molecule has 1 aliphatic rings. The van der Waals surface area contributed by atoms with Crippen LogP contribution in [0, 0.1) is 0 Å². The lowest BCUT2D eigenvalue weighted by molar-refractivity contribution is -0.0904. The van der Waals surface area contributed by atoms with Crippen LogP contribution < -0.4 is 5.73 Å². The standard InChI is InChI=1S/C10H14ClNOS/c1-13-10(4-2-5-10)9(12)8-7(11)3-6-14-8/h3,6,9H,2,4-5,12H2,1H3. The van der Waals surface area contributed by atoms with Crippen LogP contribution >= 0.6 is 22.9 Å². The molecule has 1 unspecified atom stereocenters. The highest BCUT2D eigenvalue weighted by Crippen LogP contribution is 2.46. The molecule has 1 aromatic rings. The SMILES string of the molecule is COC1(C(N)c2sccc2Cl)CCC1. The lowest BCUT2D eigenvalue weighted by atomic mass is 9.74. The van der Waals surface area contributed by atoms with Crippen LogP contribution in [-0.2, 0) is 4.74 Å². The molecule has 1 saturated carbocycles. The summed E-state index contributed by atoms with van der Waals surface area (Å²) in [6.07, 6.45) is 3.28. The maximum atomic E-state index is 6.19. The number of nitrogens with two attached hydrogens (primary N) is 1. The van der Waals surface area contributed by atoms with E-state index >= 15 is 0 Å². The monoisotopic (exact) mass is 231 g/mol. The van der Waals surface area contributed by atoms with E-state index in [1.807, 2.05) is 11.4 Å². The molecule has 0 aromatic carbocycles. The average Bonchev–Trinajstić information content (AvgIpc) is 2.50. The van der Waals surface area contributed by atoms with Gasteiger partial charge in [-0.25, -0.2) is 0 Å². The number of rotatable bonds is 3. The number of thiophene rings is 1. The maximum Gasteiger partial charge on any atom is 0.0879 e. The van der Waals surface area contributed by atoms with Crippen LogP contribution in [0.1, 0.15) is 30.2 Å². The molecule has 1 aromatic heterocycles. The Labute approximate surface area is 93.0 Å². The van der Waals surface area contributed by atoms with Crippen LogP contribution in [0.25, 0.3) is 0 Å². The third kappa shape index (κ3) is 1.48. The van der Waals surface area contributed by atoms with Crippen molar-refractivity contribution in [1.82, 2.24) is 0 Å². The van der Waals surface area contributed by atoms with E-state index in [2.05, 4.69) is 0 Å². The summed E-state index contributed by atoms with van der Waals surface area (Å²) in [5.41, 5.74) is 6.03. The molecule has 0 saturated heterocycles. The molecule has 0 aliphatic heterocycles. The molecule has 2 N–H and O–H groups in total. The molecule has 1 atom stereocenters. The Hall–Kier alpha value is -0.0900. The predicted octanol–water partition coefficient (Wildman–Crippen LogP) is 2.97. The topological polar surface area (TPSA) is 35.2 Å². The van der Waals surface area contributed by atoms with Gasteiger partial charge in [-0.05, 0) is 30.7 Å². The van der Waals surface area contributed by atoms with Gasteiger partial charge in [-0.15, -0.1) is 11.3 Å². The van der Waals surface area contributed by atoms with Gasteiger partial charge in [0.1, 0.15) is 0 Å². The molecule has 0 bridgehead atoms. The lowest BCUT2D eigenvalue weighted by Gasteiger charge is -2.44. The van der Waals surface area contributed by atoms with Crippen molar-refractivity contribution in [2.24, 2.45) is 5.73 Å². The summed E-state index contributed by atoms with van der Waals surface area (Å²) in [5.74, 6) is 0. The van der Waals surface area contributed by atoms with E-state index in [1.54, 1.807) is 18.4 Å². The zero-order valence-electron chi connectivity index (χ0n) is 8.13. The van der Waals surface area contributed by atoms with E-state index in [1.165, 1.54) is 6.42 Å². The van der Waals surface area contributed by atoms with Crippen molar-refractivity contribution in [3.8, 4) is 0 Å². The fourth-order valence-corrected chi connectivity index (χ4v) is 3.22. The first-order valence-corrected chi connectivity index (χ1v) is 5.99. The number of hydrogen-bond donors (Lipinski definition) is 1. The molecule has 4 heteroatoms. The first kappa shape index (κ1) is 10.4. The number of methoxy groups -OCH3 is 1. The summed E-state index contributed by atoms with van der Waals surface area (Å²) >= 11 is 7.67. The molecule has 1 heterocycles. The second-order valence-electron chi connectivity index (χ2n) is 3.73. The van der Waals surface area contributed by atoms with Crippen LogP contribution in [-0.4, -0.2) is 12.7 Å². The number of ether oxygens (including phenoxy) is 1. The van der Waals surface area contributed by atoms with Crippen LogP contribution in [0.4, 0.5) is 0 Å². The van der Waals surface area contributed by atoms with E-state index in [-0.39, 0.29) is 11.6 Å². The Morgan fingerprint density at radius 3 is 2.71 bits per heavy atom. The van der Waals surface area contributed by atoms with Crippen molar-refractivity contribution in [1.29, 1.82) is 0 Å². The highest BCUT2D eigenvalue weighted by atomic mass is 35.5. The van der Waals surface area contributed by atoms with E-state index in [0.717, 1.165) is 22.7 Å². The first-order chi connectivity index (χ1) is 6.69. The third-order valence-electron chi connectivity index (χ3n) is 3.10. The van der Waals surface area contributed by atoms with Crippen molar-refractivity contribution in [3.63, 3.8) is 0 Å². The molecular formula is C10H14ClNOS. The average molecular weight is 232 g/mol. The highest BCUT2D eigenvalue weighted by molar-refractivity contribution is 7.10. The Balaban J connectivity index is 2.22. The van der Waals surface area contributed by atoms with Gasteiger partial charge in [0.25, 0.3) is 0 Å². The lowest BCUT2D eigenvalue weighted by Crippen LogP contribution is -2.48. The normalized spacial score (nSPS) is 21.6. The minimum Gasteiger partial charge on any atom is -0.376 e. The summed E-state index contributed by atoms with van der Waals surface area (Å²) in [6.45, 7) is 0. The Bertz CT molecular complexity index is 316. The molecule has 1 fully saturated rings. The van der Waals surface area contributed by atoms with Gasteiger partial charge in [0.05, 0.1) is 16.7 Å². The summed E-state index contributed by atoms with van der Waals surface area (Å²) in [5, 5.41) is 2.74. The number of halogens is 1. The van der Waals surface area contributed by atoms with Gasteiger partial charge < -0.3 is 10.5 Å².